The van der Waals surface area contributed by atoms with Crippen LogP contribution < -0.4 is 0 Å². The van der Waals surface area contributed by atoms with Crippen LogP contribution in [0, 0.1) is 0 Å². The van der Waals surface area contributed by atoms with Crippen LogP contribution in [-0.2, 0) is 12.8 Å². The smallest absolute Gasteiger partial charge is 0.181 e. The van der Waals surface area contributed by atoms with Crippen LogP contribution in [0.5, 0.6) is 0 Å². The minimum Gasteiger partial charge on any atom is -0.293 e. The van der Waals surface area contributed by atoms with Gasteiger partial charge in [-0.05, 0) is 40.3 Å². The molecule has 4 rings (SSSR count). The lowest BCUT2D eigenvalue weighted by Gasteiger charge is -2.12. The number of ketones is 1. The molecule has 1 atom stereocenters. The van der Waals surface area contributed by atoms with E-state index in [4.69, 9.17) is 0 Å². The molecule has 22 heavy (non-hydrogen) atoms. The van der Waals surface area contributed by atoms with Gasteiger partial charge in [0, 0.05) is 5.56 Å². The van der Waals surface area contributed by atoms with Crippen molar-refractivity contribution in [2.45, 2.75) is 17.7 Å². The molecule has 0 fully saturated rings. The first-order chi connectivity index (χ1) is 10.8. The maximum atomic E-state index is 13.0. The van der Waals surface area contributed by atoms with Crippen molar-refractivity contribution in [2.24, 2.45) is 0 Å². The maximum Gasteiger partial charge on any atom is 0.181 e. The van der Waals surface area contributed by atoms with Crippen molar-refractivity contribution in [3.63, 3.8) is 0 Å². The van der Waals surface area contributed by atoms with Crippen LogP contribution in [0.4, 0.5) is 0 Å². The molecule has 0 saturated heterocycles. The van der Waals surface area contributed by atoms with E-state index in [9.17, 15) is 4.79 Å². The van der Waals surface area contributed by atoms with Crippen LogP contribution in [-0.4, -0.2) is 5.78 Å². The Morgan fingerprint density at radius 1 is 0.864 bits per heavy atom. The second kappa shape index (κ2) is 5.36. The lowest BCUT2D eigenvalue weighted by Crippen LogP contribution is -2.08. The van der Waals surface area contributed by atoms with E-state index in [1.165, 1.54) is 16.5 Å². The Morgan fingerprint density at radius 2 is 1.59 bits per heavy atom. The highest BCUT2D eigenvalue weighted by atomic mass is 79.9. The molecule has 108 valence electrons. The molecule has 0 bridgehead atoms. The Bertz CT molecular complexity index is 857. The van der Waals surface area contributed by atoms with E-state index in [0.29, 0.717) is 0 Å². The second-order valence-corrected chi connectivity index (χ2v) is 6.67. The van der Waals surface area contributed by atoms with Crippen LogP contribution in [0.3, 0.4) is 0 Å². The van der Waals surface area contributed by atoms with Crippen molar-refractivity contribution in [3.8, 4) is 0 Å². The molecule has 0 radical (unpaired) electrons. The number of hydrogen-bond donors (Lipinski definition) is 0. The molecule has 0 unspecified atom stereocenters. The Hall–Kier alpha value is -1.93. The SMILES string of the molecule is O=C(c1ccc2c3c(cccc13)CC2)[C@H](Br)c1ccccc1. The normalized spacial score (nSPS) is 14.2. The molecule has 0 amide bonds. The number of carbonyl (C=O) groups is 1. The van der Waals surface area contributed by atoms with Gasteiger partial charge in [0.1, 0.15) is 4.83 Å². The number of halogens is 1. The number of aryl methyl sites for hydroxylation is 2. The van der Waals surface area contributed by atoms with Crippen molar-refractivity contribution in [1.82, 2.24) is 0 Å². The Balaban J connectivity index is 1.84. The summed E-state index contributed by atoms with van der Waals surface area (Å²) in [5.74, 6) is 0.127. The van der Waals surface area contributed by atoms with Gasteiger partial charge in [-0.3, -0.25) is 4.79 Å². The molecule has 0 aliphatic heterocycles. The van der Waals surface area contributed by atoms with E-state index in [1.807, 2.05) is 36.4 Å². The molecule has 3 aromatic carbocycles. The zero-order chi connectivity index (χ0) is 15.1. The van der Waals surface area contributed by atoms with Gasteiger partial charge in [-0.1, -0.05) is 76.6 Å². The number of Topliss-reactive ketones (excluding diaryl/α,β-unsaturated/α-hetero) is 1. The summed E-state index contributed by atoms with van der Waals surface area (Å²) in [6, 6.07) is 20.3. The zero-order valence-electron chi connectivity index (χ0n) is 12.1. The number of rotatable bonds is 3. The van der Waals surface area contributed by atoms with E-state index in [-0.39, 0.29) is 10.6 Å². The molecule has 0 heterocycles. The van der Waals surface area contributed by atoms with Crippen LogP contribution in [0.15, 0.2) is 60.7 Å². The summed E-state index contributed by atoms with van der Waals surface area (Å²) < 4.78 is 0. The van der Waals surface area contributed by atoms with Gasteiger partial charge in [-0.25, -0.2) is 0 Å². The summed E-state index contributed by atoms with van der Waals surface area (Å²) >= 11 is 3.58. The number of alkyl halides is 1. The summed E-state index contributed by atoms with van der Waals surface area (Å²) in [6.45, 7) is 0. The van der Waals surface area contributed by atoms with Crippen LogP contribution >= 0.6 is 15.9 Å². The van der Waals surface area contributed by atoms with Crippen molar-refractivity contribution >= 4 is 32.5 Å². The van der Waals surface area contributed by atoms with Gasteiger partial charge in [0.25, 0.3) is 0 Å². The van der Waals surface area contributed by atoms with Crippen molar-refractivity contribution in [3.05, 3.63) is 82.9 Å². The summed E-state index contributed by atoms with van der Waals surface area (Å²) in [7, 11) is 0. The average molecular weight is 351 g/mol. The quantitative estimate of drug-likeness (QED) is 0.465. The zero-order valence-corrected chi connectivity index (χ0v) is 13.6. The highest BCUT2D eigenvalue weighted by Gasteiger charge is 2.23. The summed E-state index contributed by atoms with van der Waals surface area (Å²) in [4.78, 5) is 12.7. The van der Waals surface area contributed by atoms with Crippen molar-refractivity contribution in [1.29, 1.82) is 0 Å². The average Bonchev–Trinajstić information content (AvgIpc) is 3.00. The fourth-order valence-corrected chi connectivity index (χ4v) is 3.92. The van der Waals surface area contributed by atoms with Gasteiger partial charge < -0.3 is 0 Å². The van der Waals surface area contributed by atoms with Gasteiger partial charge in [0.15, 0.2) is 5.78 Å². The van der Waals surface area contributed by atoms with E-state index >= 15 is 0 Å². The first-order valence-electron chi connectivity index (χ1n) is 7.52. The molecule has 1 nitrogen and oxygen atoms in total. The fraction of sp³-hybridized carbons (Fsp3) is 0.150. The standard InChI is InChI=1S/C20H15BrO/c21-19(15-5-2-1-3-6-15)20(22)17-12-11-14-10-9-13-7-4-8-16(17)18(13)14/h1-8,11-12,19H,9-10H2/t19-/m1/s1. The van der Waals surface area contributed by atoms with Gasteiger partial charge >= 0.3 is 0 Å². The molecule has 0 aromatic heterocycles. The Labute approximate surface area is 138 Å². The van der Waals surface area contributed by atoms with Crippen LogP contribution in [0.2, 0.25) is 0 Å². The second-order valence-electron chi connectivity index (χ2n) is 5.75. The first kappa shape index (κ1) is 13.7. The van der Waals surface area contributed by atoms with Crippen molar-refractivity contribution in [2.75, 3.05) is 0 Å². The largest absolute Gasteiger partial charge is 0.293 e. The van der Waals surface area contributed by atoms with Gasteiger partial charge in [0.05, 0.1) is 0 Å². The highest BCUT2D eigenvalue weighted by Crippen LogP contribution is 2.36. The van der Waals surface area contributed by atoms with E-state index < -0.39 is 0 Å². The van der Waals surface area contributed by atoms with E-state index in [2.05, 4.69) is 40.2 Å². The highest BCUT2D eigenvalue weighted by molar-refractivity contribution is 9.09. The molecule has 0 saturated carbocycles. The van der Waals surface area contributed by atoms with Gasteiger partial charge in [-0.15, -0.1) is 0 Å². The summed E-state index contributed by atoms with van der Waals surface area (Å²) in [6.07, 6.45) is 2.17. The van der Waals surface area contributed by atoms with Gasteiger partial charge in [0.2, 0.25) is 0 Å². The maximum absolute atomic E-state index is 13.0. The lowest BCUT2D eigenvalue weighted by atomic mass is 9.95. The fourth-order valence-electron chi connectivity index (χ4n) is 3.37. The molecule has 3 aromatic rings. The Morgan fingerprint density at radius 3 is 2.36 bits per heavy atom. The number of benzene rings is 3. The Kier molecular flexibility index (Phi) is 3.34. The van der Waals surface area contributed by atoms with Crippen molar-refractivity contribution < 1.29 is 4.79 Å². The third-order valence-corrected chi connectivity index (χ3v) is 5.41. The number of carbonyl (C=O) groups excluding carboxylic acids is 1. The third-order valence-electron chi connectivity index (χ3n) is 4.46. The summed E-state index contributed by atoms with van der Waals surface area (Å²) in [5, 5.41) is 2.39. The predicted octanol–water partition coefficient (Wildman–Crippen LogP) is 5.26. The predicted molar refractivity (Wildman–Crippen MR) is 93.8 cm³/mol. The lowest BCUT2D eigenvalue weighted by molar-refractivity contribution is 0.0993. The van der Waals surface area contributed by atoms with Crippen LogP contribution in [0.25, 0.3) is 10.8 Å². The van der Waals surface area contributed by atoms with Crippen LogP contribution in [0.1, 0.15) is 31.9 Å². The molecule has 0 N–H and O–H groups in total. The first-order valence-corrected chi connectivity index (χ1v) is 8.44. The minimum atomic E-state index is -0.299. The van der Waals surface area contributed by atoms with E-state index in [1.54, 1.807) is 0 Å². The molecule has 1 aliphatic carbocycles. The summed E-state index contributed by atoms with van der Waals surface area (Å²) in [5.41, 5.74) is 4.55. The minimum absolute atomic E-state index is 0.127. The topological polar surface area (TPSA) is 17.1 Å². The molecule has 1 aliphatic rings. The van der Waals surface area contributed by atoms with E-state index in [0.717, 1.165) is 29.4 Å². The molecule has 2 heteroatoms. The number of hydrogen-bond acceptors (Lipinski definition) is 1. The monoisotopic (exact) mass is 350 g/mol. The van der Waals surface area contributed by atoms with Gasteiger partial charge in [-0.2, -0.15) is 0 Å². The molecular weight excluding hydrogens is 336 g/mol. The molecular formula is C20H15BrO. The third kappa shape index (κ3) is 2.10. The molecule has 0 spiro atoms.